The Kier molecular flexibility index (Phi) is 8.78. The van der Waals surface area contributed by atoms with Gasteiger partial charge in [-0.15, -0.1) is 0 Å². The van der Waals surface area contributed by atoms with E-state index in [-0.39, 0.29) is 0 Å². The maximum atomic E-state index is 2.59. The van der Waals surface area contributed by atoms with Crippen LogP contribution in [0, 0.1) is 0 Å². The SMILES string of the molecule is c1ccc(N2c3ccccc3C3(c4ccccc4-c4ccccc43)c3cccc(-c4c5cccc(-c6cccc7[c]6[GeH2][c]6ccccc6-7)c5cc5c(-c6cccc7[c]6[GeH2][c]6ccccc6-7)cccc45)c32)cc1. The van der Waals surface area contributed by atoms with Crippen molar-refractivity contribution in [1.29, 1.82) is 0 Å². The van der Waals surface area contributed by atoms with E-state index in [1.54, 1.807) is 17.6 Å². The summed E-state index contributed by atoms with van der Waals surface area (Å²) in [4.78, 5) is 2.59. The summed E-state index contributed by atoms with van der Waals surface area (Å²) in [6.07, 6.45) is 0. The molecule has 1 spiro atoms. The maximum absolute atomic E-state index is 2.59. The zero-order valence-corrected chi connectivity index (χ0v) is 45.5. The van der Waals surface area contributed by atoms with E-state index in [1.807, 2.05) is 0 Å². The van der Waals surface area contributed by atoms with Crippen molar-refractivity contribution in [2.75, 3.05) is 4.90 Å². The number of hydrogen-bond acceptors (Lipinski definition) is 1. The van der Waals surface area contributed by atoms with Crippen molar-refractivity contribution in [1.82, 2.24) is 0 Å². The molecule has 0 unspecified atom stereocenters. The van der Waals surface area contributed by atoms with Crippen LogP contribution in [0.15, 0.2) is 249 Å². The van der Waals surface area contributed by atoms with Crippen molar-refractivity contribution >= 4 is 87.1 Å². The molecule has 12 aromatic carbocycles. The molecular weight excluding hydrogens is 988 g/mol. The van der Waals surface area contributed by atoms with Crippen molar-refractivity contribution in [3.8, 4) is 66.8 Å². The summed E-state index contributed by atoms with van der Waals surface area (Å²) in [5.74, 6) is 0. The zero-order valence-electron chi connectivity index (χ0n) is 39.5. The molecule has 12 aromatic rings. The number of para-hydroxylation sites is 3. The van der Waals surface area contributed by atoms with Crippen molar-refractivity contribution < 1.29 is 0 Å². The third-order valence-corrected chi connectivity index (χ3v) is 25.6. The Labute approximate surface area is 432 Å². The number of nitrogens with zero attached hydrogens (tertiary/aromatic N) is 1. The van der Waals surface area contributed by atoms with Crippen molar-refractivity contribution in [3.63, 3.8) is 0 Å². The number of benzene rings is 12. The second kappa shape index (κ2) is 15.5. The summed E-state index contributed by atoms with van der Waals surface area (Å²) in [6, 6.07) is 95.5. The van der Waals surface area contributed by atoms with Crippen LogP contribution >= 0.6 is 0 Å². The predicted octanol–water partition coefficient (Wildman–Crippen LogP) is 13.3. The average Bonchev–Trinajstić information content (AvgIpc) is 4.12. The van der Waals surface area contributed by atoms with Gasteiger partial charge in [0.15, 0.2) is 0 Å². The number of anilines is 3. The summed E-state index contributed by atoms with van der Waals surface area (Å²) >= 11 is -2.59. The van der Waals surface area contributed by atoms with Crippen molar-refractivity contribution in [2.45, 2.75) is 5.41 Å². The second-order valence-corrected chi connectivity index (χ2v) is 27.8. The van der Waals surface area contributed by atoms with Gasteiger partial charge in [-0.05, 0) is 0 Å². The Morgan fingerprint density at radius 3 is 1.26 bits per heavy atom. The molecule has 334 valence electrons. The normalized spacial score (nSPS) is 14.5. The van der Waals surface area contributed by atoms with E-state index >= 15 is 0 Å². The molecule has 3 aliphatic heterocycles. The van der Waals surface area contributed by atoms with Gasteiger partial charge in [-0.3, -0.25) is 0 Å². The third-order valence-electron chi connectivity index (χ3n) is 16.8. The molecule has 0 aromatic heterocycles. The molecule has 0 saturated carbocycles. The Hall–Kier alpha value is -7.95. The molecule has 16 rings (SSSR count). The Balaban J connectivity index is 1.06. The van der Waals surface area contributed by atoms with Crippen LogP contribution in [0.3, 0.4) is 0 Å². The Morgan fingerprint density at radius 1 is 0.278 bits per heavy atom. The fourth-order valence-electron chi connectivity index (χ4n) is 13.9. The van der Waals surface area contributed by atoms with E-state index in [1.165, 1.54) is 122 Å². The average molecular weight is 1030 g/mol. The predicted molar refractivity (Wildman–Crippen MR) is 310 cm³/mol. The van der Waals surface area contributed by atoms with Gasteiger partial charge < -0.3 is 0 Å². The molecule has 0 radical (unpaired) electrons. The molecule has 0 N–H and O–H groups in total. The minimum absolute atomic E-state index is 0.561. The summed E-state index contributed by atoms with van der Waals surface area (Å²) < 4.78 is 6.38. The number of hydrogen-bond donors (Lipinski definition) is 0. The summed E-state index contributed by atoms with van der Waals surface area (Å²) in [5.41, 5.74) is 24.7. The number of fused-ring (bicyclic) bond motifs is 17. The van der Waals surface area contributed by atoms with E-state index < -0.39 is 36.3 Å². The van der Waals surface area contributed by atoms with Crippen LogP contribution in [0.2, 0.25) is 0 Å². The van der Waals surface area contributed by atoms with Crippen molar-refractivity contribution in [3.05, 3.63) is 271 Å². The number of rotatable bonds is 4. The van der Waals surface area contributed by atoms with E-state index in [9.17, 15) is 0 Å². The second-order valence-electron chi connectivity index (χ2n) is 20.1. The van der Waals surface area contributed by atoms with E-state index in [0.29, 0.717) is 0 Å². The quantitative estimate of drug-likeness (QED) is 0.125. The van der Waals surface area contributed by atoms with Crippen LogP contribution in [0.25, 0.3) is 88.3 Å². The fourth-order valence-corrected chi connectivity index (χ4v) is 22.9. The molecule has 3 heterocycles. The van der Waals surface area contributed by atoms with Gasteiger partial charge in [-0.2, -0.15) is 0 Å². The first kappa shape index (κ1) is 40.7. The van der Waals surface area contributed by atoms with Gasteiger partial charge in [0.1, 0.15) is 0 Å². The van der Waals surface area contributed by atoms with Crippen LogP contribution in [0.5, 0.6) is 0 Å². The van der Waals surface area contributed by atoms with Gasteiger partial charge in [-0.1, -0.05) is 48.5 Å². The molecule has 3 heteroatoms. The Bertz CT molecular complexity index is 4100. The first-order valence-electron chi connectivity index (χ1n) is 25.4. The van der Waals surface area contributed by atoms with Gasteiger partial charge in [-0.25, -0.2) is 0 Å². The zero-order chi connectivity index (χ0) is 47.1. The van der Waals surface area contributed by atoms with Crippen LogP contribution in [-0.2, 0) is 5.41 Å². The van der Waals surface area contributed by atoms with E-state index in [0.717, 1.165) is 5.69 Å². The fraction of sp³-hybridized carbons (Fsp3) is 0.0145. The van der Waals surface area contributed by atoms with Crippen molar-refractivity contribution in [2.24, 2.45) is 0 Å². The van der Waals surface area contributed by atoms with Gasteiger partial charge in [0.2, 0.25) is 0 Å². The van der Waals surface area contributed by atoms with Crippen LogP contribution in [0.1, 0.15) is 22.3 Å². The summed E-state index contributed by atoms with van der Waals surface area (Å²) in [6.45, 7) is 0. The van der Waals surface area contributed by atoms with E-state index in [4.69, 9.17) is 0 Å². The monoisotopic (exact) mass is 1040 g/mol. The molecule has 0 bridgehead atoms. The van der Waals surface area contributed by atoms with Crippen LogP contribution in [-0.4, -0.2) is 30.9 Å². The molecule has 1 aliphatic carbocycles. The molecule has 1 nitrogen and oxygen atoms in total. The Morgan fingerprint density at radius 2 is 0.681 bits per heavy atom. The molecule has 0 saturated heterocycles. The van der Waals surface area contributed by atoms with Crippen LogP contribution < -0.4 is 22.5 Å². The van der Waals surface area contributed by atoms with Crippen LogP contribution in [0.4, 0.5) is 17.1 Å². The molecule has 0 fully saturated rings. The van der Waals surface area contributed by atoms with Gasteiger partial charge >= 0.3 is 387 Å². The standard InChI is InChI=1S/C69H45Ge2N/c1-2-19-42(20-3-1)72-64-40-13-10-36-60(64)69(58-34-8-4-21-45(58)46-22-5-9-35-59(46)69)61-37-18-33-55(68(61)72)65-49-27-14-25-43(51-29-16-31-53-47-23-6-11-38-62(47)70-66(51)53)56(49)41-57-44(26-15-28-50(57)65)52-30-17-32-54-48-24-7-12-39-63(48)71-67(52)54/h1-41H,70-71H2. The molecule has 0 atom stereocenters. The van der Waals surface area contributed by atoms with Gasteiger partial charge in [0.05, 0.1) is 0 Å². The molecule has 4 aliphatic rings. The summed E-state index contributed by atoms with van der Waals surface area (Å²) in [5, 5.41) is 5.18. The van der Waals surface area contributed by atoms with Gasteiger partial charge in [0, 0.05) is 0 Å². The summed E-state index contributed by atoms with van der Waals surface area (Å²) in [7, 11) is 0. The molecule has 72 heavy (non-hydrogen) atoms. The first-order valence-corrected chi connectivity index (χ1v) is 31.4. The third kappa shape index (κ3) is 5.50. The minimum atomic E-state index is -1.29. The molecular formula is C69H45Ge2N. The molecule has 0 amide bonds. The topological polar surface area (TPSA) is 3.24 Å². The van der Waals surface area contributed by atoms with Gasteiger partial charge in [0.25, 0.3) is 0 Å². The first-order chi connectivity index (χ1) is 35.8. The van der Waals surface area contributed by atoms with E-state index in [2.05, 4.69) is 254 Å².